The summed E-state index contributed by atoms with van der Waals surface area (Å²) in [5.74, 6) is 1.08. The molecule has 0 radical (unpaired) electrons. The summed E-state index contributed by atoms with van der Waals surface area (Å²) >= 11 is 0. The van der Waals surface area contributed by atoms with E-state index >= 15 is 0 Å². The molecular weight excluding hydrogens is 444 g/mol. The number of carbonyl (C=O) groups excluding carboxylic acids is 2. The number of hydrogen-bond acceptors (Lipinski definition) is 8. The minimum Gasteiger partial charge on any atom is -0.454 e. The Morgan fingerprint density at radius 2 is 1.94 bits per heavy atom. The molecule has 4 rings (SSSR count). The minimum absolute atomic E-state index is 0.111. The quantitative estimate of drug-likeness (QED) is 0.299. The zero-order chi connectivity index (χ0) is 23.8. The Hall–Kier alpha value is -2.86. The molecule has 3 atom stereocenters. The largest absolute Gasteiger partial charge is 0.454 e. The lowest BCUT2D eigenvalue weighted by Gasteiger charge is -2.31. The Morgan fingerprint density at radius 3 is 2.76 bits per heavy atom. The van der Waals surface area contributed by atoms with Gasteiger partial charge in [0.1, 0.15) is 6.10 Å². The Kier molecular flexibility index (Phi) is 8.58. The molecule has 11 nitrogen and oxygen atoms in total. The van der Waals surface area contributed by atoms with Gasteiger partial charge in [-0.05, 0) is 25.1 Å². The molecule has 11 heteroatoms. The smallest absolute Gasteiger partial charge is 0.319 e. The highest BCUT2D eigenvalue weighted by Crippen LogP contribution is 2.34. The highest BCUT2D eigenvalue weighted by atomic mass is 16.7. The van der Waals surface area contributed by atoms with E-state index in [1.165, 1.54) is 0 Å². The van der Waals surface area contributed by atoms with Crippen LogP contribution >= 0.6 is 0 Å². The van der Waals surface area contributed by atoms with Gasteiger partial charge in [-0.2, -0.15) is 0 Å². The molecule has 0 saturated carbocycles. The van der Waals surface area contributed by atoms with E-state index < -0.39 is 24.3 Å². The second-order valence-electron chi connectivity index (χ2n) is 8.33. The van der Waals surface area contributed by atoms with Gasteiger partial charge >= 0.3 is 6.03 Å². The summed E-state index contributed by atoms with van der Waals surface area (Å²) in [6.07, 6.45) is 3.39. The monoisotopic (exact) mass is 476 g/mol. The molecule has 186 valence electrons. The van der Waals surface area contributed by atoms with Gasteiger partial charge in [-0.15, -0.1) is 0 Å². The van der Waals surface area contributed by atoms with Gasteiger partial charge in [0, 0.05) is 31.4 Å². The molecule has 0 spiro atoms. The Morgan fingerprint density at radius 1 is 1.12 bits per heavy atom. The normalized spacial score (nSPS) is 24.0. The molecule has 0 aromatic heterocycles. The fourth-order valence-corrected chi connectivity index (χ4v) is 4.04. The summed E-state index contributed by atoms with van der Waals surface area (Å²) in [6.45, 7) is 4.78. The molecule has 0 aliphatic carbocycles. The van der Waals surface area contributed by atoms with Crippen LogP contribution in [0.5, 0.6) is 11.5 Å². The van der Waals surface area contributed by atoms with Gasteiger partial charge in [0.15, 0.2) is 11.5 Å². The number of carbonyl (C=O) groups is 2. The number of amides is 3. The molecule has 0 bridgehead atoms. The van der Waals surface area contributed by atoms with E-state index in [1.807, 2.05) is 0 Å². The molecule has 1 fully saturated rings. The molecule has 1 aromatic rings. The van der Waals surface area contributed by atoms with Crippen LogP contribution in [0.15, 0.2) is 30.4 Å². The van der Waals surface area contributed by atoms with Crippen LogP contribution in [-0.4, -0.2) is 93.0 Å². The van der Waals surface area contributed by atoms with Gasteiger partial charge < -0.3 is 40.0 Å². The number of nitrogens with one attached hydrogen (secondary N) is 3. The SMILES string of the molecule is O=C(C[C@H]1C=C[C@@H](NC(=O)Nc2ccc3c(c2)OCO3)[C@H](CO)O1)NCCCN1CCOCC1. The Balaban J connectivity index is 1.18. The molecule has 1 saturated heterocycles. The molecule has 4 N–H and O–H groups in total. The highest BCUT2D eigenvalue weighted by molar-refractivity contribution is 5.90. The first kappa shape index (κ1) is 24.3. The first-order chi connectivity index (χ1) is 16.6. The van der Waals surface area contributed by atoms with Crippen LogP contribution in [0.4, 0.5) is 10.5 Å². The molecule has 3 aliphatic rings. The van der Waals surface area contributed by atoms with Crippen LogP contribution in [0.1, 0.15) is 12.8 Å². The van der Waals surface area contributed by atoms with Crippen molar-refractivity contribution in [2.45, 2.75) is 31.1 Å². The maximum Gasteiger partial charge on any atom is 0.319 e. The number of anilines is 1. The fraction of sp³-hybridized carbons (Fsp3) is 0.565. The van der Waals surface area contributed by atoms with Crippen LogP contribution in [0, 0.1) is 0 Å². The number of morpholine rings is 1. The number of aliphatic hydroxyl groups is 1. The lowest BCUT2D eigenvalue weighted by atomic mass is 10.0. The van der Waals surface area contributed by atoms with E-state index in [-0.39, 0.29) is 25.7 Å². The van der Waals surface area contributed by atoms with Crippen molar-refractivity contribution >= 4 is 17.6 Å². The second kappa shape index (κ2) is 12.0. The average molecular weight is 477 g/mol. The molecule has 3 amide bonds. The number of nitrogens with zero attached hydrogens (tertiary/aromatic N) is 1. The number of benzene rings is 1. The Labute approximate surface area is 198 Å². The van der Waals surface area contributed by atoms with Gasteiger partial charge in [0.2, 0.25) is 12.7 Å². The average Bonchev–Trinajstić information content (AvgIpc) is 3.31. The van der Waals surface area contributed by atoms with Gasteiger partial charge in [-0.25, -0.2) is 4.79 Å². The number of ether oxygens (including phenoxy) is 4. The van der Waals surface area contributed by atoms with E-state index in [1.54, 1.807) is 30.4 Å². The molecule has 1 aromatic carbocycles. The lowest BCUT2D eigenvalue weighted by Crippen LogP contribution is -2.50. The molecule has 3 aliphatic heterocycles. The summed E-state index contributed by atoms with van der Waals surface area (Å²) in [6, 6.07) is 4.11. The summed E-state index contributed by atoms with van der Waals surface area (Å²) in [4.78, 5) is 27.0. The van der Waals surface area contributed by atoms with Crippen LogP contribution in [0.3, 0.4) is 0 Å². The summed E-state index contributed by atoms with van der Waals surface area (Å²) in [5.41, 5.74) is 0.547. The van der Waals surface area contributed by atoms with E-state index in [4.69, 9.17) is 18.9 Å². The number of fused-ring (bicyclic) bond motifs is 1. The summed E-state index contributed by atoms with van der Waals surface area (Å²) in [7, 11) is 0. The highest BCUT2D eigenvalue weighted by Gasteiger charge is 2.29. The molecule has 34 heavy (non-hydrogen) atoms. The number of urea groups is 1. The molecular formula is C23H32N4O7. The summed E-state index contributed by atoms with van der Waals surface area (Å²) < 4.78 is 21.7. The van der Waals surface area contributed by atoms with Crippen molar-refractivity contribution in [1.29, 1.82) is 0 Å². The predicted octanol–water partition coefficient (Wildman–Crippen LogP) is 0.450. The maximum absolute atomic E-state index is 12.4. The van der Waals surface area contributed by atoms with Crippen LogP contribution in [0.25, 0.3) is 0 Å². The van der Waals surface area contributed by atoms with E-state index in [9.17, 15) is 14.7 Å². The topological polar surface area (TPSA) is 131 Å². The summed E-state index contributed by atoms with van der Waals surface area (Å²) in [5, 5.41) is 18.2. The van der Waals surface area contributed by atoms with E-state index in [0.29, 0.717) is 23.7 Å². The van der Waals surface area contributed by atoms with E-state index in [2.05, 4.69) is 20.9 Å². The van der Waals surface area contributed by atoms with Crippen molar-refractivity contribution in [2.75, 3.05) is 58.1 Å². The van der Waals surface area contributed by atoms with Crippen molar-refractivity contribution in [3.05, 3.63) is 30.4 Å². The minimum atomic E-state index is -0.661. The lowest BCUT2D eigenvalue weighted by molar-refractivity contribution is -0.125. The second-order valence-corrected chi connectivity index (χ2v) is 8.33. The van der Waals surface area contributed by atoms with Crippen molar-refractivity contribution in [2.24, 2.45) is 0 Å². The zero-order valence-corrected chi connectivity index (χ0v) is 19.0. The van der Waals surface area contributed by atoms with Crippen molar-refractivity contribution in [1.82, 2.24) is 15.5 Å². The molecule has 0 unspecified atom stereocenters. The van der Waals surface area contributed by atoms with Gasteiger partial charge in [-0.1, -0.05) is 12.2 Å². The van der Waals surface area contributed by atoms with Crippen LogP contribution in [-0.2, 0) is 14.3 Å². The Bertz CT molecular complexity index is 875. The first-order valence-electron chi connectivity index (χ1n) is 11.6. The van der Waals surface area contributed by atoms with Crippen molar-refractivity contribution < 1.29 is 33.6 Å². The third kappa shape index (κ3) is 6.83. The first-order valence-corrected chi connectivity index (χ1v) is 11.6. The van der Waals surface area contributed by atoms with Crippen molar-refractivity contribution in [3.8, 4) is 11.5 Å². The number of aliphatic hydroxyl groups excluding tert-OH is 1. The van der Waals surface area contributed by atoms with Crippen molar-refractivity contribution in [3.63, 3.8) is 0 Å². The third-order valence-corrected chi connectivity index (χ3v) is 5.85. The van der Waals surface area contributed by atoms with E-state index in [0.717, 1.165) is 39.3 Å². The zero-order valence-electron chi connectivity index (χ0n) is 19.0. The van der Waals surface area contributed by atoms with Gasteiger partial charge in [0.25, 0.3) is 0 Å². The number of rotatable bonds is 9. The van der Waals surface area contributed by atoms with Gasteiger partial charge in [-0.3, -0.25) is 9.69 Å². The standard InChI is InChI=1S/C23H32N4O7/c28-14-21-18(26-23(30)25-16-2-5-19-20(12-16)33-15-32-19)4-3-17(34-21)13-22(29)24-6-1-7-27-8-10-31-11-9-27/h2-5,12,17-18,21,28H,1,6-11,13-15H2,(H,24,29)(H2,25,26,30)/t17-,18-,21+/m1/s1. The van der Waals surface area contributed by atoms with Gasteiger partial charge in [0.05, 0.1) is 38.4 Å². The number of hydrogen-bond donors (Lipinski definition) is 4. The van der Waals surface area contributed by atoms with Crippen LogP contribution in [0.2, 0.25) is 0 Å². The predicted molar refractivity (Wildman–Crippen MR) is 123 cm³/mol. The third-order valence-electron chi connectivity index (χ3n) is 5.85. The van der Waals surface area contributed by atoms with Crippen LogP contribution < -0.4 is 25.4 Å². The maximum atomic E-state index is 12.4. The molecule has 3 heterocycles. The fourth-order valence-electron chi connectivity index (χ4n) is 4.04.